The number of hydrogen-bond donors (Lipinski definition) is 2. The summed E-state index contributed by atoms with van der Waals surface area (Å²) < 4.78 is 4.91. The van der Waals surface area contributed by atoms with Crippen LogP contribution in [0.5, 0.6) is 5.75 Å². The maximum atomic E-state index is 11.1. The Kier molecular flexibility index (Phi) is 4.69. The van der Waals surface area contributed by atoms with Crippen molar-refractivity contribution in [3.63, 3.8) is 0 Å². The molecule has 0 heterocycles. The topological polar surface area (TPSA) is 130 Å². The molecule has 0 aliphatic rings. The summed E-state index contributed by atoms with van der Waals surface area (Å²) in [6.45, 7) is 0. The largest absolute Gasteiger partial charge is 0.497 e. The fraction of sp³-hybridized carbons (Fsp3) is 0.0769. The number of methoxy groups -OCH3 is 1. The molecule has 0 atom stereocenters. The van der Waals surface area contributed by atoms with Crippen LogP contribution in [0.2, 0.25) is 0 Å². The number of ether oxygens (including phenoxy) is 1. The molecule has 0 aliphatic carbocycles. The molecule has 7 nitrogen and oxygen atoms in total. The van der Waals surface area contributed by atoms with E-state index in [0.29, 0.717) is 5.75 Å². The third-order valence-corrected chi connectivity index (χ3v) is 2.30. The van der Waals surface area contributed by atoms with Crippen molar-refractivity contribution in [2.45, 2.75) is 0 Å². The Labute approximate surface area is 114 Å². The molecule has 20 heavy (non-hydrogen) atoms. The molecule has 0 amide bonds. The van der Waals surface area contributed by atoms with Crippen molar-refractivity contribution in [3.05, 3.63) is 35.0 Å². The lowest BCUT2D eigenvalue weighted by molar-refractivity contribution is 0.0697. The molecule has 0 bridgehead atoms. The van der Waals surface area contributed by atoms with E-state index >= 15 is 0 Å². The number of carboxylic acid groups (broad SMARTS) is 1. The van der Waals surface area contributed by atoms with E-state index in [2.05, 4.69) is 5.32 Å². The molecule has 0 radical (unpaired) electrons. The minimum atomic E-state index is -1.24. The number of anilines is 1. The van der Waals surface area contributed by atoms with Crippen LogP contribution in [0.1, 0.15) is 10.4 Å². The summed E-state index contributed by atoms with van der Waals surface area (Å²) in [5.74, 6) is -0.907. The first-order valence-corrected chi connectivity index (χ1v) is 5.20. The number of nitriles is 3. The standard InChI is InChI=1S/C13H8N4O3/c1-20-9-2-3-11(10(4-9)13(18)19)17-12(7-16)8(5-14)6-15/h2-4,17H,1H3,(H,18,19). The first kappa shape index (κ1) is 14.6. The molecule has 0 aromatic heterocycles. The van der Waals surface area contributed by atoms with Gasteiger partial charge < -0.3 is 15.2 Å². The van der Waals surface area contributed by atoms with Crippen LogP contribution in [0.4, 0.5) is 5.69 Å². The zero-order valence-corrected chi connectivity index (χ0v) is 10.3. The van der Waals surface area contributed by atoms with Crippen LogP contribution in [0.3, 0.4) is 0 Å². The molecular formula is C13H8N4O3. The van der Waals surface area contributed by atoms with Gasteiger partial charge in [-0.15, -0.1) is 0 Å². The molecule has 7 heteroatoms. The maximum absolute atomic E-state index is 11.1. The summed E-state index contributed by atoms with van der Waals surface area (Å²) in [6.07, 6.45) is 0. The third-order valence-electron chi connectivity index (χ3n) is 2.30. The zero-order chi connectivity index (χ0) is 15.1. The molecule has 0 spiro atoms. The number of carbonyl (C=O) groups is 1. The van der Waals surface area contributed by atoms with Gasteiger partial charge in [0.1, 0.15) is 29.7 Å². The van der Waals surface area contributed by atoms with Crippen LogP contribution >= 0.6 is 0 Å². The van der Waals surface area contributed by atoms with E-state index < -0.39 is 11.5 Å². The Hall–Kier alpha value is -3.50. The summed E-state index contributed by atoms with van der Waals surface area (Å²) in [6, 6.07) is 8.89. The van der Waals surface area contributed by atoms with E-state index in [0.717, 1.165) is 0 Å². The van der Waals surface area contributed by atoms with Gasteiger partial charge in [0, 0.05) is 0 Å². The SMILES string of the molecule is COc1ccc(NC(C#N)=C(C#N)C#N)c(C(=O)O)c1. The van der Waals surface area contributed by atoms with Crippen molar-refractivity contribution in [2.24, 2.45) is 0 Å². The first-order chi connectivity index (χ1) is 9.57. The molecule has 0 aliphatic heterocycles. The molecule has 98 valence electrons. The lowest BCUT2D eigenvalue weighted by atomic mass is 10.1. The van der Waals surface area contributed by atoms with E-state index in [-0.39, 0.29) is 16.9 Å². The minimum absolute atomic E-state index is 0.0813. The fourth-order valence-corrected chi connectivity index (χ4v) is 1.35. The summed E-state index contributed by atoms with van der Waals surface area (Å²) in [5.41, 5.74) is -0.812. The van der Waals surface area contributed by atoms with Gasteiger partial charge in [0.2, 0.25) is 0 Å². The van der Waals surface area contributed by atoms with Gasteiger partial charge in [-0.1, -0.05) is 0 Å². The zero-order valence-electron chi connectivity index (χ0n) is 10.3. The molecule has 0 saturated heterocycles. The lowest BCUT2D eigenvalue weighted by Gasteiger charge is -2.10. The Morgan fingerprint density at radius 1 is 1.25 bits per heavy atom. The fourth-order valence-electron chi connectivity index (χ4n) is 1.35. The normalized spacial score (nSPS) is 8.50. The molecular weight excluding hydrogens is 260 g/mol. The lowest BCUT2D eigenvalue weighted by Crippen LogP contribution is -2.07. The Balaban J connectivity index is 3.33. The van der Waals surface area contributed by atoms with Crippen LogP contribution in [-0.2, 0) is 0 Å². The van der Waals surface area contributed by atoms with Crippen LogP contribution < -0.4 is 10.1 Å². The average molecular weight is 268 g/mol. The van der Waals surface area contributed by atoms with E-state index in [4.69, 9.17) is 25.6 Å². The second-order valence-electron chi connectivity index (χ2n) is 3.43. The van der Waals surface area contributed by atoms with Gasteiger partial charge in [0.25, 0.3) is 0 Å². The van der Waals surface area contributed by atoms with Crippen LogP contribution in [-0.4, -0.2) is 18.2 Å². The van der Waals surface area contributed by atoms with Crippen molar-refractivity contribution >= 4 is 11.7 Å². The molecule has 0 fully saturated rings. The van der Waals surface area contributed by atoms with Crippen LogP contribution in [0.25, 0.3) is 0 Å². The summed E-state index contributed by atoms with van der Waals surface area (Å²) in [5, 5.41) is 37.9. The predicted octanol–water partition coefficient (Wildman–Crippen LogP) is 1.63. The molecule has 0 saturated carbocycles. The molecule has 1 aromatic rings. The number of allylic oxidation sites excluding steroid dienone is 2. The highest BCUT2D eigenvalue weighted by molar-refractivity contribution is 5.95. The smallest absolute Gasteiger partial charge is 0.337 e. The van der Waals surface area contributed by atoms with Crippen molar-refractivity contribution in [2.75, 3.05) is 12.4 Å². The quantitative estimate of drug-likeness (QED) is 0.793. The number of nitrogens with one attached hydrogen (secondary N) is 1. The van der Waals surface area contributed by atoms with Crippen molar-refractivity contribution in [1.82, 2.24) is 0 Å². The highest BCUT2D eigenvalue weighted by Gasteiger charge is 2.14. The van der Waals surface area contributed by atoms with Gasteiger partial charge in [-0.3, -0.25) is 0 Å². The highest BCUT2D eigenvalue weighted by Crippen LogP contribution is 2.23. The van der Waals surface area contributed by atoms with Gasteiger partial charge in [-0.2, -0.15) is 15.8 Å². The molecule has 2 N–H and O–H groups in total. The minimum Gasteiger partial charge on any atom is -0.497 e. The van der Waals surface area contributed by atoms with Crippen molar-refractivity contribution in [3.8, 4) is 24.0 Å². The second kappa shape index (κ2) is 6.44. The monoisotopic (exact) mass is 268 g/mol. The van der Waals surface area contributed by atoms with Crippen molar-refractivity contribution in [1.29, 1.82) is 15.8 Å². The van der Waals surface area contributed by atoms with E-state index in [1.54, 1.807) is 18.2 Å². The Bertz CT molecular complexity index is 686. The van der Waals surface area contributed by atoms with E-state index in [1.165, 1.54) is 25.3 Å². The maximum Gasteiger partial charge on any atom is 0.337 e. The Morgan fingerprint density at radius 3 is 2.35 bits per heavy atom. The van der Waals surface area contributed by atoms with Gasteiger partial charge >= 0.3 is 5.97 Å². The van der Waals surface area contributed by atoms with Gasteiger partial charge in [0.15, 0.2) is 5.57 Å². The highest BCUT2D eigenvalue weighted by atomic mass is 16.5. The van der Waals surface area contributed by atoms with E-state index in [9.17, 15) is 4.79 Å². The van der Waals surface area contributed by atoms with E-state index in [1.807, 2.05) is 0 Å². The summed E-state index contributed by atoms with van der Waals surface area (Å²) in [4.78, 5) is 11.1. The summed E-state index contributed by atoms with van der Waals surface area (Å²) >= 11 is 0. The summed E-state index contributed by atoms with van der Waals surface area (Å²) in [7, 11) is 1.39. The van der Waals surface area contributed by atoms with Crippen molar-refractivity contribution < 1.29 is 14.6 Å². The molecule has 1 aromatic carbocycles. The predicted molar refractivity (Wildman–Crippen MR) is 67.4 cm³/mol. The number of rotatable bonds is 4. The van der Waals surface area contributed by atoms with Crippen LogP contribution in [0, 0.1) is 34.0 Å². The number of benzene rings is 1. The Morgan fingerprint density at radius 2 is 1.90 bits per heavy atom. The van der Waals surface area contributed by atoms with Gasteiger partial charge in [0.05, 0.1) is 18.4 Å². The third kappa shape index (κ3) is 3.04. The number of hydrogen-bond acceptors (Lipinski definition) is 6. The average Bonchev–Trinajstić information content (AvgIpc) is 2.47. The molecule has 1 rings (SSSR count). The first-order valence-electron chi connectivity index (χ1n) is 5.20. The van der Waals surface area contributed by atoms with Crippen LogP contribution in [0.15, 0.2) is 29.5 Å². The molecule has 0 unspecified atom stereocenters. The number of nitrogens with zero attached hydrogens (tertiary/aromatic N) is 3. The second-order valence-corrected chi connectivity index (χ2v) is 3.43. The van der Waals surface area contributed by atoms with Gasteiger partial charge in [-0.05, 0) is 18.2 Å². The number of aromatic carboxylic acids is 1. The number of carboxylic acids is 1. The van der Waals surface area contributed by atoms with Gasteiger partial charge in [-0.25, -0.2) is 4.79 Å².